The Kier molecular flexibility index (Phi) is 6.20. The van der Waals surface area contributed by atoms with Crippen LogP contribution < -0.4 is 0 Å². The lowest BCUT2D eigenvalue weighted by Gasteiger charge is -2.26. The Balaban J connectivity index is 1.70. The monoisotopic (exact) mass is 256 g/mol. The molecule has 0 bridgehead atoms. The summed E-state index contributed by atoms with van der Waals surface area (Å²) in [5, 5.41) is 0. The van der Waals surface area contributed by atoms with E-state index in [0.717, 1.165) is 11.8 Å². The summed E-state index contributed by atoms with van der Waals surface area (Å²) in [7, 11) is 0. The molecule has 1 aliphatic rings. The fourth-order valence-corrected chi connectivity index (χ4v) is 3.16. The highest BCUT2D eigenvalue weighted by Gasteiger charge is 2.18. The normalized spacial score (nSPS) is 23.8. The molecule has 104 valence electrons. The van der Waals surface area contributed by atoms with Crippen LogP contribution in [0.5, 0.6) is 0 Å². The predicted molar refractivity (Wildman–Crippen MR) is 85.1 cm³/mol. The van der Waals surface area contributed by atoms with Crippen LogP contribution in [0.15, 0.2) is 36.4 Å². The molecule has 0 saturated heterocycles. The van der Waals surface area contributed by atoms with E-state index in [9.17, 15) is 0 Å². The zero-order chi connectivity index (χ0) is 13.3. The van der Waals surface area contributed by atoms with E-state index >= 15 is 0 Å². The number of hydrogen-bond acceptors (Lipinski definition) is 0. The van der Waals surface area contributed by atoms with Crippen molar-refractivity contribution in [2.24, 2.45) is 11.8 Å². The van der Waals surface area contributed by atoms with Gasteiger partial charge < -0.3 is 0 Å². The Bertz CT molecular complexity index is 355. The first-order valence-electron chi connectivity index (χ1n) is 8.11. The maximum Gasteiger partial charge on any atom is -0.0230 e. The van der Waals surface area contributed by atoms with Gasteiger partial charge in [-0.25, -0.2) is 0 Å². The van der Waals surface area contributed by atoms with Crippen LogP contribution in [0.3, 0.4) is 0 Å². The van der Waals surface area contributed by atoms with Crippen molar-refractivity contribution in [3.8, 4) is 0 Å². The zero-order valence-electron chi connectivity index (χ0n) is 12.4. The van der Waals surface area contributed by atoms with Crippen molar-refractivity contribution >= 4 is 6.08 Å². The lowest BCUT2D eigenvalue weighted by molar-refractivity contribution is 0.290. The number of benzene rings is 1. The molecule has 0 amide bonds. The van der Waals surface area contributed by atoms with E-state index in [2.05, 4.69) is 49.4 Å². The molecule has 0 spiro atoms. The zero-order valence-corrected chi connectivity index (χ0v) is 12.4. The van der Waals surface area contributed by atoms with Gasteiger partial charge in [0.2, 0.25) is 0 Å². The molecule has 0 atom stereocenters. The maximum absolute atomic E-state index is 2.44. The molecule has 0 aliphatic heterocycles. The molecule has 1 aromatic rings. The Hall–Kier alpha value is -1.04. The molecule has 0 heteroatoms. The third-order valence-electron chi connectivity index (χ3n) is 4.47. The van der Waals surface area contributed by atoms with Gasteiger partial charge in [0.05, 0.1) is 0 Å². The van der Waals surface area contributed by atoms with Crippen LogP contribution in [0.1, 0.15) is 63.9 Å². The van der Waals surface area contributed by atoms with Gasteiger partial charge in [-0.15, -0.1) is 0 Å². The highest BCUT2D eigenvalue weighted by atomic mass is 14.2. The van der Waals surface area contributed by atoms with Crippen molar-refractivity contribution in [2.75, 3.05) is 0 Å². The molecule has 0 unspecified atom stereocenters. The second-order valence-electron chi connectivity index (χ2n) is 6.05. The van der Waals surface area contributed by atoms with Crippen molar-refractivity contribution < 1.29 is 0 Å². The van der Waals surface area contributed by atoms with Gasteiger partial charge in [-0.1, -0.05) is 75.1 Å². The molecule has 0 heterocycles. The van der Waals surface area contributed by atoms with Crippen LogP contribution in [0.25, 0.3) is 6.08 Å². The van der Waals surface area contributed by atoms with Gasteiger partial charge in [-0.2, -0.15) is 0 Å². The molecule has 1 fully saturated rings. The number of allylic oxidation sites excluding steroid dienone is 1. The molecule has 0 N–H and O–H groups in total. The van der Waals surface area contributed by atoms with Crippen molar-refractivity contribution in [1.82, 2.24) is 0 Å². The van der Waals surface area contributed by atoms with Gasteiger partial charge in [0.15, 0.2) is 0 Å². The van der Waals surface area contributed by atoms with Crippen molar-refractivity contribution in [2.45, 2.75) is 58.3 Å². The summed E-state index contributed by atoms with van der Waals surface area (Å²) >= 11 is 0. The topological polar surface area (TPSA) is 0 Å². The van der Waals surface area contributed by atoms with E-state index in [1.807, 2.05) is 0 Å². The lowest BCUT2D eigenvalue weighted by Crippen LogP contribution is -2.12. The fourth-order valence-electron chi connectivity index (χ4n) is 3.16. The molecule has 0 nitrogen and oxygen atoms in total. The summed E-state index contributed by atoms with van der Waals surface area (Å²) in [5.41, 5.74) is 1.34. The second kappa shape index (κ2) is 8.19. The highest BCUT2D eigenvalue weighted by Crippen LogP contribution is 2.32. The van der Waals surface area contributed by atoms with Gasteiger partial charge in [0, 0.05) is 0 Å². The SMILES string of the molecule is CCCCCC1CCC(C=Cc2ccccc2)CC1. The van der Waals surface area contributed by atoms with Crippen LogP contribution in [-0.4, -0.2) is 0 Å². The van der Waals surface area contributed by atoms with Gasteiger partial charge in [-0.3, -0.25) is 0 Å². The Morgan fingerprint density at radius 2 is 1.74 bits per heavy atom. The Labute approximate surface area is 118 Å². The summed E-state index contributed by atoms with van der Waals surface area (Å²) in [6.45, 7) is 2.30. The number of rotatable bonds is 6. The Morgan fingerprint density at radius 3 is 2.42 bits per heavy atom. The van der Waals surface area contributed by atoms with Crippen LogP contribution in [0, 0.1) is 11.8 Å². The Morgan fingerprint density at radius 1 is 1.00 bits per heavy atom. The minimum atomic E-state index is 0.822. The average molecular weight is 256 g/mol. The molecule has 0 radical (unpaired) electrons. The van der Waals surface area contributed by atoms with Crippen LogP contribution >= 0.6 is 0 Å². The standard InChI is InChI=1S/C19H28/c1-2-3-5-8-18-12-15-19(16-13-18)14-11-17-9-6-4-7-10-17/h4,6-7,9-11,14,18-19H,2-3,5,8,12-13,15-16H2,1H3. The maximum atomic E-state index is 2.44. The summed E-state index contributed by atoms with van der Waals surface area (Å²) in [6.07, 6.45) is 16.2. The van der Waals surface area contributed by atoms with E-state index in [-0.39, 0.29) is 0 Å². The smallest absolute Gasteiger partial charge is 0.0230 e. The van der Waals surface area contributed by atoms with E-state index < -0.39 is 0 Å². The molecule has 19 heavy (non-hydrogen) atoms. The van der Waals surface area contributed by atoms with Gasteiger partial charge >= 0.3 is 0 Å². The van der Waals surface area contributed by atoms with E-state index in [0.29, 0.717) is 0 Å². The van der Waals surface area contributed by atoms with E-state index in [4.69, 9.17) is 0 Å². The number of unbranched alkanes of at least 4 members (excludes halogenated alkanes) is 2. The minimum absolute atomic E-state index is 0.822. The largest absolute Gasteiger partial charge is 0.0808 e. The third kappa shape index (κ3) is 5.22. The van der Waals surface area contributed by atoms with Gasteiger partial charge in [-0.05, 0) is 43.1 Å². The third-order valence-corrected chi connectivity index (χ3v) is 4.47. The fraction of sp³-hybridized carbons (Fsp3) is 0.579. The minimum Gasteiger partial charge on any atom is -0.0808 e. The van der Waals surface area contributed by atoms with E-state index in [1.165, 1.54) is 56.9 Å². The average Bonchev–Trinajstić information content (AvgIpc) is 2.48. The quantitative estimate of drug-likeness (QED) is 0.540. The molecular formula is C19H28. The summed E-state index contributed by atoms with van der Waals surface area (Å²) in [5.74, 6) is 1.84. The summed E-state index contributed by atoms with van der Waals surface area (Å²) in [6, 6.07) is 10.7. The van der Waals surface area contributed by atoms with Crippen LogP contribution in [0.2, 0.25) is 0 Å². The summed E-state index contributed by atoms with van der Waals surface area (Å²) < 4.78 is 0. The molecule has 1 aromatic carbocycles. The molecule has 0 aromatic heterocycles. The molecule has 2 rings (SSSR count). The molecule has 1 saturated carbocycles. The molecular weight excluding hydrogens is 228 g/mol. The van der Waals surface area contributed by atoms with E-state index in [1.54, 1.807) is 0 Å². The van der Waals surface area contributed by atoms with Crippen molar-refractivity contribution in [3.05, 3.63) is 42.0 Å². The number of hydrogen-bond donors (Lipinski definition) is 0. The summed E-state index contributed by atoms with van der Waals surface area (Å²) in [4.78, 5) is 0. The second-order valence-corrected chi connectivity index (χ2v) is 6.05. The van der Waals surface area contributed by atoms with Crippen molar-refractivity contribution in [1.29, 1.82) is 0 Å². The van der Waals surface area contributed by atoms with Gasteiger partial charge in [0.25, 0.3) is 0 Å². The van der Waals surface area contributed by atoms with Crippen LogP contribution in [-0.2, 0) is 0 Å². The predicted octanol–water partition coefficient (Wildman–Crippen LogP) is 6.09. The van der Waals surface area contributed by atoms with Gasteiger partial charge in [0.1, 0.15) is 0 Å². The van der Waals surface area contributed by atoms with Crippen LogP contribution in [0.4, 0.5) is 0 Å². The first kappa shape index (κ1) is 14.4. The lowest BCUT2D eigenvalue weighted by atomic mass is 9.79. The first-order valence-corrected chi connectivity index (χ1v) is 8.11. The molecule has 1 aliphatic carbocycles. The van der Waals surface area contributed by atoms with Crippen molar-refractivity contribution in [3.63, 3.8) is 0 Å². The first-order chi connectivity index (χ1) is 9.38. The highest BCUT2D eigenvalue weighted by molar-refractivity contribution is 5.48.